The first-order chi connectivity index (χ1) is 12.6. The van der Waals surface area contributed by atoms with Crippen molar-refractivity contribution in [3.05, 3.63) is 83.9 Å². The van der Waals surface area contributed by atoms with Crippen molar-refractivity contribution in [3.8, 4) is 11.1 Å². The molecule has 4 heteroatoms. The molecule has 126 valence electrons. The van der Waals surface area contributed by atoms with Crippen LogP contribution < -0.4 is 0 Å². The normalized spacial score (nSPS) is 10.9. The molecule has 0 saturated heterocycles. The van der Waals surface area contributed by atoms with Crippen molar-refractivity contribution in [2.75, 3.05) is 0 Å². The molecule has 0 aromatic heterocycles. The minimum absolute atomic E-state index is 0.0110. The minimum atomic E-state index is -1.15. The number of carboxylic acids is 2. The summed E-state index contributed by atoms with van der Waals surface area (Å²) in [6, 6.07) is 21.7. The van der Waals surface area contributed by atoms with Gasteiger partial charge in [-0.1, -0.05) is 66.7 Å². The van der Waals surface area contributed by atoms with E-state index >= 15 is 0 Å². The third-order valence-corrected chi connectivity index (χ3v) is 4.57. The molecule has 0 aliphatic rings. The number of fused-ring (bicyclic) bond motifs is 2. The maximum absolute atomic E-state index is 12.1. The van der Waals surface area contributed by atoms with Crippen LogP contribution in [0.3, 0.4) is 0 Å². The van der Waals surface area contributed by atoms with Crippen LogP contribution in [0.5, 0.6) is 0 Å². The van der Waals surface area contributed by atoms with E-state index in [9.17, 15) is 19.8 Å². The van der Waals surface area contributed by atoms with E-state index in [1.165, 1.54) is 6.07 Å². The summed E-state index contributed by atoms with van der Waals surface area (Å²) >= 11 is 0. The molecule has 0 unspecified atom stereocenters. The molecule has 0 atom stereocenters. The number of hydrogen-bond donors (Lipinski definition) is 2. The second-order valence-corrected chi connectivity index (χ2v) is 6.03. The van der Waals surface area contributed by atoms with Crippen molar-refractivity contribution >= 4 is 33.5 Å². The fourth-order valence-electron chi connectivity index (χ4n) is 3.46. The van der Waals surface area contributed by atoms with Gasteiger partial charge in [0.25, 0.3) is 0 Å². The summed E-state index contributed by atoms with van der Waals surface area (Å²) in [5, 5.41) is 22.2. The van der Waals surface area contributed by atoms with Crippen molar-refractivity contribution in [1.29, 1.82) is 0 Å². The van der Waals surface area contributed by atoms with Crippen LogP contribution in [0.2, 0.25) is 0 Å². The number of benzene rings is 4. The van der Waals surface area contributed by atoms with E-state index in [2.05, 4.69) is 0 Å². The van der Waals surface area contributed by atoms with Gasteiger partial charge >= 0.3 is 11.9 Å². The zero-order valence-electron chi connectivity index (χ0n) is 13.6. The number of rotatable bonds is 3. The van der Waals surface area contributed by atoms with Crippen molar-refractivity contribution < 1.29 is 19.8 Å². The Labute approximate surface area is 148 Å². The highest BCUT2D eigenvalue weighted by Gasteiger charge is 2.21. The number of hydrogen-bond acceptors (Lipinski definition) is 2. The molecule has 4 nitrogen and oxygen atoms in total. The summed E-state index contributed by atoms with van der Waals surface area (Å²) in [6.45, 7) is 0. The van der Waals surface area contributed by atoms with Gasteiger partial charge in [0.2, 0.25) is 0 Å². The smallest absolute Gasteiger partial charge is 0.336 e. The largest absolute Gasteiger partial charge is 0.478 e. The Morgan fingerprint density at radius 2 is 1.31 bits per heavy atom. The fraction of sp³-hybridized carbons (Fsp3) is 0. The quantitative estimate of drug-likeness (QED) is 0.546. The van der Waals surface area contributed by atoms with Gasteiger partial charge in [0.15, 0.2) is 0 Å². The van der Waals surface area contributed by atoms with Crippen molar-refractivity contribution in [2.24, 2.45) is 0 Å². The average molecular weight is 342 g/mol. The summed E-state index contributed by atoms with van der Waals surface area (Å²) in [5.74, 6) is -2.29. The molecule has 0 aliphatic carbocycles. The molecule has 0 saturated carbocycles. The number of carbonyl (C=O) groups is 2. The lowest BCUT2D eigenvalue weighted by Gasteiger charge is -2.14. The van der Waals surface area contributed by atoms with E-state index in [-0.39, 0.29) is 16.5 Å². The molecule has 0 fully saturated rings. The highest BCUT2D eigenvalue weighted by molar-refractivity contribution is 6.17. The van der Waals surface area contributed by atoms with Crippen LogP contribution in [0.15, 0.2) is 72.8 Å². The van der Waals surface area contributed by atoms with E-state index in [1.807, 2.05) is 42.5 Å². The van der Waals surface area contributed by atoms with Crippen LogP contribution in [-0.2, 0) is 0 Å². The van der Waals surface area contributed by atoms with Gasteiger partial charge in [-0.05, 0) is 33.4 Å². The zero-order chi connectivity index (χ0) is 18.3. The van der Waals surface area contributed by atoms with Crippen LogP contribution in [0.25, 0.3) is 32.7 Å². The molecule has 26 heavy (non-hydrogen) atoms. The molecule has 0 spiro atoms. The standard InChI is InChI=1S/C22H14O4/c23-21(24)18-10-4-7-14-11-12-17(20(19(14)18)22(25)26)16-9-3-6-13-5-1-2-8-15(13)16/h1-12H,(H,23,24)(H,25,26). The Bertz CT molecular complexity index is 1190. The van der Waals surface area contributed by atoms with Gasteiger partial charge in [0, 0.05) is 5.39 Å². The zero-order valence-corrected chi connectivity index (χ0v) is 13.6. The number of aromatic carboxylic acids is 2. The SMILES string of the molecule is O=C(O)c1cccc2ccc(-c3cccc4ccccc34)c(C(=O)O)c12. The van der Waals surface area contributed by atoms with Crippen LogP contribution in [-0.4, -0.2) is 22.2 Å². The summed E-state index contributed by atoms with van der Waals surface area (Å²) in [4.78, 5) is 23.8. The molecule has 0 amide bonds. The monoisotopic (exact) mass is 342 g/mol. The predicted octanol–water partition coefficient (Wildman–Crippen LogP) is 5.06. The second-order valence-electron chi connectivity index (χ2n) is 6.03. The maximum atomic E-state index is 12.1. The van der Waals surface area contributed by atoms with Crippen LogP contribution in [0.4, 0.5) is 0 Å². The van der Waals surface area contributed by atoms with Gasteiger partial charge < -0.3 is 10.2 Å². The lowest BCUT2D eigenvalue weighted by Crippen LogP contribution is -2.06. The van der Waals surface area contributed by atoms with E-state index in [1.54, 1.807) is 24.3 Å². The highest BCUT2D eigenvalue weighted by atomic mass is 16.4. The van der Waals surface area contributed by atoms with Gasteiger partial charge in [0.05, 0.1) is 11.1 Å². The van der Waals surface area contributed by atoms with E-state index < -0.39 is 11.9 Å². The third kappa shape index (κ3) is 2.40. The van der Waals surface area contributed by atoms with Gasteiger partial charge in [0.1, 0.15) is 0 Å². The average Bonchev–Trinajstić information content (AvgIpc) is 2.65. The van der Waals surface area contributed by atoms with E-state index in [0.717, 1.165) is 16.3 Å². The molecular weight excluding hydrogens is 328 g/mol. The molecule has 2 N–H and O–H groups in total. The van der Waals surface area contributed by atoms with Crippen molar-refractivity contribution in [1.82, 2.24) is 0 Å². The van der Waals surface area contributed by atoms with Gasteiger partial charge in [-0.15, -0.1) is 0 Å². The lowest BCUT2D eigenvalue weighted by molar-refractivity contribution is 0.0695. The van der Waals surface area contributed by atoms with Crippen LogP contribution >= 0.6 is 0 Å². The van der Waals surface area contributed by atoms with Crippen molar-refractivity contribution in [3.63, 3.8) is 0 Å². The summed E-state index contributed by atoms with van der Waals surface area (Å²) in [6.07, 6.45) is 0. The highest BCUT2D eigenvalue weighted by Crippen LogP contribution is 2.36. The molecule has 0 aliphatic heterocycles. The van der Waals surface area contributed by atoms with Gasteiger partial charge in [-0.3, -0.25) is 0 Å². The number of carboxylic acid groups (broad SMARTS) is 2. The lowest BCUT2D eigenvalue weighted by atomic mass is 9.89. The molecular formula is C22H14O4. The van der Waals surface area contributed by atoms with E-state index in [4.69, 9.17) is 0 Å². The first-order valence-electron chi connectivity index (χ1n) is 8.08. The fourth-order valence-corrected chi connectivity index (χ4v) is 3.46. The van der Waals surface area contributed by atoms with Crippen LogP contribution in [0.1, 0.15) is 20.7 Å². The first kappa shape index (κ1) is 15.8. The van der Waals surface area contributed by atoms with Crippen LogP contribution in [0, 0.1) is 0 Å². The Morgan fingerprint density at radius 3 is 2.08 bits per heavy atom. The third-order valence-electron chi connectivity index (χ3n) is 4.57. The Morgan fingerprint density at radius 1 is 0.615 bits per heavy atom. The summed E-state index contributed by atoms with van der Waals surface area (Å²) < 4.78 is 0. The maximum Gasteiger partial charge on any atom is 0.336 e. The molecule has 0 radical (unpaired) electrons. The topological polar surface area (TPSA) is 74.6 Å². The minimum Gasteiger partial charge on any atom is -0.478 e. The molecule has 4 aromatic rings. The summed E-state index contributed by atoms with van der Waals surface area (Å²) in [7, 11) is 0. The van der Waals surface area contributed by atoms with Gasteiger partial charge in [-0.25, -0.2) is 9.59 Å². The molecule has 0 heterocycles. The molecule has 0 bridgehead atoms. The first-order valence-corrected chi connectivity index (χ1v) is 8.08. The molecule has 4 rings (SSSR count). The van der Waals surface area contributed by atoms with Crippen molar-refractivity contribution in [2.45, 2.75) is 0 Å². The predicted molar refractivity (Wildman–Crippen MR) is 101 cm³/mol. The Balaban J connectivity index is 2.17. The second kappa shape index (κ2) is 6.01. The van der Waals surface area contributed by atoms with Gasteiger partial charge in [-0.2, -0.15) is 0 Å². The molecule has 4 aromatic carbocycles. The Kier molecular flexibility index (Phi) is 3.66. The summed E-state index contributed by atoms with van der Waals surface area (Å²) in [5.41, 5.74) is 1.27. The van der Waals surface area contributed by atoms with E-state index in [0.29, 0.717) is 10.9 Å². The Hall–Kier alpha value is -3.66.